The summed E-state index contributed by atoms with van der Waals surface area (Å²) in [6, 6.07) is 11.5. The van der Waals surface area contributed by atoms with E-state index in [9.17, 15) is 4.79 Å². The Morgan fingerprint density at radius 2 is 2.09 bits per heavy atom. The van der Waals surface area contributed by atoms with Crippen molar-refractivity contribution in [2.24, 2.45) is 0 Å². The van der Waals surface area contributed by atoms with Gasteiger partial charge in [-0.25, -0.2) is 0 Å². The third-order valence-electron chi connectivity index (χ3n) is 5.50. The fraction of sp³-hybridized carbons (Fsp3) is 0.375. The zero-order valence-electron chi connectivity index (χ0n) is 18.8. The van der Waals surface area contributed by atoms with E-state index in [1.165, 1.54) is 0 Å². The van der Waals surface area contributed by atoms with Crippen molar-refractivity contribution in [3.05, 3.63) is 77.8 Å². The number of nitrogens with one attached hydrogen (secondary N) is 1. The highest BCUT2D eigenvalue weighted by Gasteiger charge is 2.20. The predicted molar refractivity (Wildman–Crippen MR) is 122 cm³/mol. The highest BCUT2D eigenvalue weighted by atomic mass is 16.5. The standard InChI is InChI=1S/C24H29N5O4/c1-3-14-32-20-7-5-4-6-18(20)16-28-11-10-22-26-27-23(29(22)13-12-28)15-25-24(30)21-9-8-19(33-21)17-31-2/h3-9H,1,10-17H2,2H3,(H,25,30). The summed E-state index contributed by atoms with van der Waals surface area (Å²) in [7, 11) is 1.58. The molecule has 9 heteroatoms. The molecule has 1 amide bonds. The van der Waals surface area contributed by atoms with E-state index in [0.29, 0.717) is 19.0 Å². The summed E-state index contributed by atoms with van der Waals surface area (Å²) in [6.45, 7) is 8.08. The number of fused-ring (bicyclic) bond motifs is 1. The van der Waals surface area contributed by atoms with Crippen LogP contribution in [-0.2, 0) is 37.4 Å². The van der Waals surface area contributed by atoms with Crippen LogP contribution in [0.15, 0.2) is 53.5 Å². The number of amides is 1. The van der Waals surface area contributed by atoms with Crippen LogP contribution in [0.25, 0.3) is 0 Å². The van der Waals surface area contributed by atoms with Gasteiger partial charge in [0, 0.05) is 45.3 Å². The van der Waals surface area contributed by atoms with Gasteiger partial charge in [0.15, 0.2) is 11.6 Å². The number of hydrogen-bond donors (Lipinski definition) is 1. The van der Waals surface area contributed by atoms with Crippen molar-refractivity contribution in [2.45, 2.75) is 32.7 Å². The predicted octanol–water partition coefficient (Wildman–Crippen LogP) is 2.57. The minimum atomic E-state index is -0.291. The number of carbonyl (C=O) groups is 1. The lowest BCUT2D eigenvalue weighted by molar-refractivity contribution is 0.0913. The largest absolute Gasteiger partial charge is 0.489 e. The Bertz CT molecular complexity index is 1090. The van der Waals surface area contributed by atoms with Crippen LogP contribution in [0.3, 0.4) is 0 Å². The van der Waals surface area contributed by atoms with Crippen LogP contribution in [0.5, 0.6) is 5.75 Å². The van der Waals surface area contributed by atoms with Gasteiger partial charge in [0.25, 0.3) is 5.91 Å². The molecule has 0 spiro atoms. The second-order valence-electron chi connectivity index (χ2n) is 7.80. The van der Waals surface area contributed by atoms with Gasteiger partial charge in [0.2, 0.25) is 0 Å². The maximum atomic E-state index is 12.4. The normalized spacial score (nSPS) is 13.8. The highest BCUT2D eigenvalue weighted by molar-refractivity contribution is 5.91. The number of hydrogen-bond acceptors (Lipinski definition) is 7. The minimum absolute atomic E-state index is 0.251. The van der Waals surface area contributed by atoms with Crippen LogP contribution in [0.1, 0.15) is 33.5 Å². The molecule has 0 atom stereocenters. The molecule has 0 saturated carbocycles. The Hall–Kier alpha value is -3.43. The van der Waals surface area contributed by atoms with Crippen LogP contribution in [0, 0.1) is 0 Å². The number of methoxy groups -OCH3 is 1. The molecule has 9 nitrogen and oxygen atoms in total. The molecular formula is C24H29N5O4. The van der Waals surface area contributed by atoms with Gasteiger partial charge in [-0.05, 0) is 18.2 Å². The van der Waals surface area contributed by atoms with E-state index in [-0.39, 0.29) is 18.2 Å². The first-order chi connectivity index (χ1) is 16.2. The minimum Gasteiger partial charge on any atom is -0.489 e. The molecule has 3 heterocycles. The van der Waals surface area contributed by atoms with Crippen molar-refractivity contribution in [1.82, 2.24) is 25.0 Å². The lowest BCUT2D eigenvalue weighted by Crippen LogP contribution is -2.28. The Kier molecular flexibility index (Phi) is 7.54. The summed E-state index contributed by atoms with van der Waals surface area (Å²) in [6.07, 6.45) is 2.54. The quantitative estimate of drug-likeness (QED) is 0.474. The lowest BCUT2D eigenvalue weighted by atomic mass is 10.2. The average molecular weight is 452 g/mol. The maximum Gasteiger partial charge on any atom is 0.287 e. The molecule has 1 aliphatic heterocycles. The van der Waals surface area contributed by atoms with E-state index in [1.807, 2.05) is 18.2 Å². The van der Waals surface area contributed by atoms with Crippen molar-refractivity contribution in [3.8, 4) is 5.75 Å². The van der Waals surface area contributed by atoms with Crippen molar-refractivity contribution in [1.29, 1.82) is 0 Å². The molecule has 2 aromatic heterocycles. The van der Waals surface area contributed by atoms with Gasteiger partial charge < -0.3 is 23.8 Å². The molecule has 0 aliphatic carbocycles. The number of aromatic nitrogens is 3. The molecule has 0 unspecified atom stereocenters. The molecular weight excluding hydrogens is 422 g/mol. The molecule has 0 saturated heterocycles. The Morgan fingerprint density at radius 3 is 2.94 bits per heavy atom. The molecule has 33 heavy (non-hydrogen) atoms. The third-order valence-corrected chi connectivity index (χ3v) is 5.50. The van der Waals surface area contributed by atoms with Crippen LogP contribution in [0.2, 0.25) is 0 Å². The first-order valence-electron chi connectivity index (χ1n) is 11.0. The summed E-state index contributed by atoms with van der Waals surface area (Å²) >= 11 is 0. The summed E-state index contributed by atoms with van der Waals surface area (Å²) in [5, 5.41) is 11.5. The molecule has 0 fully saturated rings. The van der Waals surface area contributed by atoms with Gasteiger partial charge in [-0.1, -0.05) is 30.9 Å². The maximum absolute atomic E-state index is 12.4. The number of rotatable bonds is 10. The fourth-order valence-corrected chi connectivity index (χ4v) is 3.85. The number of furan rings is 1. The first-order valence-corrected chi connectivity index (χ1v) is 11.0. The second kappa shape index (κ2) is 10.9. The second-order valence-corrected chi connectivity index (χ2v) is 7.80. The van der Waals surface area contributed by atoms with Gasteiger partial charge >= 0.3 is 0 Å². The smallest absolute Gasteiger partial charge is 0.287 e. The fourth-order valence-electron chi connectivity index (χ4n) is 3.85. The van der Waals surface area contributed by atoms with Gasteiger partial charge in [0.1, 0.15) is 30.5 Å². The van der Waals surface area contributed by atoms with Crippen LogP contribution >= 0.6 is 0 Å². The zero-order chi connectivity index (χ0) is 23.0. The van der Waals surface area contributed by atoms with E-state index in [4.69, 9.17) is 13.9 Å². The molecule has 3 aromatic rings. The Balaban J connectivity index is 1.35. The summed E-state index contributed by atoms with van der Waals surface area (Å²) in [5.74, 6) is 3.12. The number of benzene rings is 1. The number of nitrogens with zero attached hydrogens (tertiary/aromatic N) is 4. The monoisotopic (exact) mass is 451 g/mol. The Labute approximate surface area is 193 Å². The van der Waals surface area contributed by atoms with Gasteiger partial charge in [0.05, 0.1) is 6.54 Å². The van der Waals surface area contributed by atoms with Gasteiger partial charge in [-0.3, -0.25) is 9.69 Å². The van der Waals surface area contributed by atoms with Crippen LogP contribution < -0.4 is 10.1 Å². The SMILES string of the molecule is C=CCOc1ccccc1CN1CCc2nnc(CNC(=O)c3ccc(COC)o3)n2CC1. The van der Waals surface area contributed by atoms with E-state index in [1.54, 1.807) is 25.3 Å². The molecule has 1 aromatic carbocycles. The summed E-state index contributed by atoms with van der Waals surface area (Å²) < 4.78 is 18.4. The van der Waals surface area contributed by atoms with E-state index in [0.717, 1.165) is 55.6 Å². The molecule has 174 valence electrons. The average Bonchev–Trinajstić information content (AvgIpc) is 3.40. The molecule has 0 bridgehead atoms. The van der Waals surface area contributed by atoms with E-state index >= 15 is 0 Å². The summed E-state index contributed by atoms with van der Waals surface area (Å²) in [5.41, 5.74) is 1.15. The zero-order valence-corrected chi connectivity index (χ0v) is 18.8. The van der Waals surface area contributed by atoms with Crippen molar-refractivity contribution in [2.75, 3.05) is 26.8 Å². The van der Waals surface area contributed by atoms with Crippen LogP contribution in [-0.4, -0.2) is 52.4 Å². The van der Waals surface area contributed by atoms with Gasteiger partial charge in [-0.2, -0.15) is 0 Å². The third kappa shape index (κ3) is 5.68. The van der Waals surface area contributed by atoms with E-state index < -0.39 is 0 Å². The Morgan fingerprint density at radius 1 is 1.21 bits per heavy atom. The van der Waals surface area contributed by atoms with E-state index in [2.05, 4.69) is 37.6 Å². The first kappa shape index (κ1) is 22.8. The summed E-state index contributed by atoms with van der Waals surface area (Å²) in [4.78, 5) is 14.8. The molecule has 0 radical (unpaired) electrons. The van der Waals surface area contributed by atoms with Crippen molar-refractivity contribution >= 4 is 5.91 Å². The molecule has 4 rings (SSSR count). The van der Waals surface area contributed by atoms with Crippen molar-refractivity contribution < 1.29 is 18.7 Å². The molecule has 1 aliphatic rings. The number of ether oxygens (including phenoxy) is 2. The van der Waals surface area contributed by atoms with Crippen molar-refractivity contribution in [3.63, 3.8) is 0 Å². The van der Waals surface area contributed by atoms with Gasteiger partial charge in [-0.15, -0.1) is 10.2 Å². The number of carbonyl (C=O) groups excluding carboxylic acids is 1. The van der Waals surface area contributed by atoms with Crippen LogP contribution in [0.4, 0.5) is 0 Å². The topological polar surface area (TPSA) is 94.7 Å². The highest BCUT2D eigenvalue weighted by Crippen LogP contribution is 2.21. The lowest BCUT2D eigenvalue weighted by Gasteiger charge is -2.21. The molecule has 1 N–H and O–H groups in total. The number of para-hydroxylation sites is 1.